The van der Waals surface area contributed by atoms with Gasteiger partial charge in [-0.15, -0.1) is 0 Å². The molecule has 0 spiro atoms. The van der Waals surface area contributed by atoms with Gasteiger partial charge in [-0.05, 0) is 69.7 Å². The molecule has 0 aliphatic heterocycles. The molecular weight excluding hydrogens is 470 g/mol. The number of nitrogens with zero attached hydrogens (tertiary/aromatic N) is 1. The topological polar surface area (TPSA) is 81.7 Å². The third kappa shape index (κ3) is 5.59. The summed E-state index contributed by atoms with van der Waals surface area (Å²) in [6.45, 7) is 8.78. The van der Waals surface area contributed by atoms with E-state index in [1.165, 1.54) is 11.3 Å². The van der Waals surface area contributed by atoms with Gasteiger partial charge in [0.1, 0.15) is 0 Å². The Labute approximate surface area is 201 Å². The Kier molecular flexibility index (Phi) is 8.11. The minimum absolute atomic E-state index is 0.127. The summed E-state index contributed by atoms with van der Waals surface area (Å²) in [7, 11) is 0. The molecule has 0 atom stereocenters. The van der Waals surface area contributed by atoms with E-state index in [4.69, 9.17) is 38.0 Å². The van der Waals surface area contributed by atoms with Crippen molar-refractivity contribution in [3.63, 3.8) is 0 Å². The van der Waals surface area contributed by atoms with Crippen LogP contribution in [0.15, 0.2) is 24.3 Å². The van der Waals surface area contributed by atoms with Crippen LogP contribution in [0.2, 0.25) is 5.02 Å². The van der Waals surface area contributed by atoms with Crippen molar-refractivity contribution in [3.8, 4) is 17.2 Å². The lowest BCUT2D eigenvalue weighted by atomic mass is 10.1. The van der Waals surface area contributed by atoms with Crippen molar-refractivity contribution in [3.05, 3.63) is 40.4 Å². The number of ether oxygens (including phenoxy) is 3. The molecule has 0 aliphatic carbocycles. The largest absolute Gasteiger partial charge is 0.490 e. The monoisotopic (exact) mass is 493 g/mol. The first-order chi connectivity index (χ1) is 15.4. The molecule has 10 heteroatoms. The normalized spacial score (nSPS) is 10.7. The lowest BCUT2D eigenvalue weighted by Crippen LogP contribution is -2.34. The molecule has 3 rings (SSSR count). The summed E-state index contributed by atoms with van der Waals surface area (Å²) in [4.78, 5) is 17.3. The van der Waals surface area contributed by atoms with Crippen molar-refractivity contribution in [2.24, 2.45) is 0 Å². The van der Waals surface area contributed by atoms with Crippen LogP contribution in [0, 0.1) is 6.92 Å². The van der Waals surface area contributed by atoms with Crippen molar-refractivity contribution in [2.45, 2.75) is 27.7 Å². The number of benzene rings is 2. The second-order valence-corrected chi connectivity index (χ2v) is 8.44. The Morgan fingerprint density at radius 1 is 1.06 bits per heavy atom. The van der Waals surface area contributed by atoms with Gasteiger partial charge in [-0.1, -0.05) is 22.9 Å². The van der Waals surface area contributed by atoms with Crippen LogP contribution in [0.4, 0.5) is 5.13 Å². The number of carbonyl (C=O) groups is 1. The van der Waals surface area contributed by atoms with Crippen LogP contribution in [0.3, 0.4) is 0 Å². The third-order valence-corrected chi connectivity index (χ3v) is 5.83. The van der Waals surface area contributed by atoms with Crippen molar-refractivity contribution in [2.75, 3.05) is 25.1 Å². The summed E-state index contributed by atoms with van der Waals surface area (Å²) in [5.41, 5.74) is 2.06. The van der Waals surface area contributed by atoms with Gasteiger partial charge in [0.05, 0.1) is 30.0 Å². The molecule has 1 amide bonds. The minimum atomic E-state index is -0.410. The zero-order valence-electron chi connectivity index (χ0n) is 18.2. The molecule has 0 radical (unpaired) electrons. The fourth-order valence-electron chi connectivity index (χ4n) is 2.93. The number of rotatable bonds is 8. The Bertz CT molecular complexity index is 1080. The Balaban J connectivity index is 1.78. The van der Waals surface area contributed by atoms with E-state index in [0.717, 1.165) is 15.8 Å². The van der Waals surface area contributed by atoms with Gasteiger partial charge in [-0.25, -0.2) is 4.98 Å². The first-order valence-corrected chi connectivity index (χ1v) is 11.7. The number of amides is 1. The van der Waals surface area contributed by atoms with E-state index in [1.54, 1.807) is 18.2 Å². The lowest BCUT2D eigenvalue weighted by molar-refractivity contribution is 0.0976. The van der Waals surface area contributed by atoms with Crippen LogP contribution in [-0.2, 0) is 0 Å². The molecular formula is C22H24ClN3O4S2. The van der Waals surface area contributed by atoms with E-state index in [2.05, 4.69) is 15.6 Å². The number of nitrogens with one attached hydrogen (secondary N) is 2. The lowest BCUT2D eigenvalue weighted by Gasteiger charge is -2.17. The van der Waals surface area contributed by atoms with Gasteiger partial charge in [0.25, 0.3) is 5.91 Å². The predicted molar refractivity (Wildman–Crippen MR) is 133 cm³/mol. The highest BCUT2D eigenvalue weighted by atomic mass is 35.5. The predicted octanol–water partition coefficient (Wildman–Crippen LogP) is 5.58. The molecule has 32 heavy (non-hydrogen) atoms. The summed E-state index contributed by atoms with van der Waals surface area (Å²) in [5.74, 6) is 0.926. The molecule has 0 bridgehead atoms. The molecule has 0 saturated heterocycles. The summed E-state index contributed by atoms with van der Waals surface area (Å²) < 4.78 is 18.0. The highest BCUT2D eigenvalue weighted by molar-refractivity contribution is 7.80. The summed E-state index contributed by atoms with van der Waals surface area (Å²) in [6.07, 6.45) is 0. The highest BCUT2D eigenvalue weighted by Gasteiger charge is 2.19. The molecule has 2 N–H and O–H groups in total. The van der Waals surface area contributed by atoms with Gasteiger partial charge in [-0.3, -0.25) is 10.1 Å². The van der Waals surface area contributed by atoms with Gasteiger partial charge >= 0.3 is 0 Å². The van der Waals surface area contributed by atoms with Gasteiger partial charge in [0, 0.05) is 10.6 Å². The minimum Gasteiger partial charge on any atom is -0.490 e. The van der Waals surface area contributed by atoms with Crippen LogP contribution < -0.4 is 24.8 Å². The maximum absolute atomic E-state index is 12.9. The number of anilines is 1. The van der Waals surface area contributed by atoms with Gasteiger partial charge < -0.3 is 19.5 Å². The Morgan fingerprint density at radius 3 is 2.28 bits per heavy atom. The quantitative estimate of drug-likeness (QED) is 0.396. The molecule has 0 saturated carbocycles. The molecule has 2 aromatic carbocycles. The maximum Gasteiger partial charge on any atom is 0.257 e. The number of thiazole rings is 1. The first-order valence-electron chi connectivity index (χ1n) is 10.1. The van der Waals surface area contributed by atoms with Crippen LogP contribution >= 0.6 is 35.2 Å². The second-order valence-electron chi connectivity index (χ2n) is 6.60. The van der Waals surface area contributed by atoms with Crippen LogP contribution in [0.25, 0.3) is 10.2 Å². The number of halogens is 1. The number of hydrogen-bond acceptors (Lipinski definition) is 7. The third-order valence-electron chi connectivity index (χ3n) is 4.29. The average molecular weight is 494 g/mol. The van der Waals surface area contributed by atoms with E-state index in [9.17, 15) is 4.79 Å². The average Bonchev–Trinajstić information content (AvgIpc) is 3.11. The number of aromatic nitrogens is 1. The second kappa shape index (κ2) is 10.8. The van der Waals surface area contributed by atoms with Crippen molar-refractivity contribution in [1.82, 2.24) is 10.3 Å². The molecule has 1 aromatic heterocycles. The van der Waals surface area contributed by atoms with Gasteiger partial charge in [-0.2, -0.15) is 0 Å². The molecule has 170 valence electrons. The van der Waals surface area contributed by atoms with Crippen LogP contribution in [0.5, 0.6) is 17.2 Å². The van der Waals surface area contributed by atoms with Crippen molar-refractivity contribution in [1.29, 1.82) is 0 Å². The summed E-state index contributed by atoms with van der Waals surface area (Å²) in [6, 6.07) is 6.99. The molecule has 1 heterocycles. The maximum atomic E-state index is 12.9. The van der Waals surface area contributed by atoms with Crippen molar-refractivity contribution >= 4 is 61.5 Å². The Hall–Kier alpha value is -2.62. The molecule has 7 nitrogen and oxygen atoms in total. The van der Waals surface area contributed by atoms with E-state index in [-0.39, 0.29) is 5.11 Å². The van der Waals surface area contributed by atoms with E-state index >= 15 is 0 Å². The number of carbonyl (C=O) groups excluding carboxylic acids is 1. The fraction of sp³-hybridized carbons (Fsp3) is 0.318. The van der Waals surface area contributed by atoms with Crippen LogP contribution in [-0.4, -0.2) is 35.8 Å². The molecule has 0 unspecified atom stereocenters. The number of fused-ring (bicyclic) bond motifs is 1. The van der Waals surface area contributed by atoms with E-state index in [1.807, 2.05) is 33.8 Å². The zero-order valence-corrected chi connectivity index (χ0v) is 20.6. The summed E-state index contributed by atoms with van der Waals surface area (Å²) >= 11 is 12.9. The smallest absolute Gasteiger partial charge is 0.257 e. The number of thiocarbonyl (C=S) groups is 1. The Morgan fingerprint density at radius 2 is 1.69 bits per heavy atom. The number of aryl methyl sites for hydroxylation is 1. The van der Waals surface area contributed by atoms with Gasteiger partial charge in [0.2, 0.25) is 5.75 Å². The fourth-order valence-corrected chi connectivity index (χ4v) is 4.29. The van der Waals surface area contributed by atoms with E-state index in [0.29, 0.717) is 52.8 Å². The van der Waals surface area contributed by atoms with Crippen molar-refractivity contribution < 1.29 is 19.0 Å². The molecule has 0 aliphatic rings. The number of hydrogen-bond donors (Lipinski definition) is 2. The SMILES string of the molecule is CCOc1cc(C(=O)NC(=S)Nc2nc3cc(Cl)c(C)cc3s2)cc(OCC)c1OCC. The van der Waals surface area contributed by atoms with Crippen LogP contribution in [0.1, 0.15) is 36.7 Å². The van der Waals surface area contributed by atoms with E-state index < -0.39 is 5.91 Å². The zero-order chi connectivity index (χ0) is 23.3. The molecule has 0 fully saturated rings. The summed E-state index contributed by atoms with van der Waals surface area (Å²) in [5, 5.41) is 6.97. The molecule has 3 aromatic rings. The standard InChI is InChI=1S/C22H24ClN3O4S2/c1-5-28-16-9-13(10-17(29-6-2)19(16)30-7-3)20(27)25-21(31)26-22-24-15-11-14(23)12(4)8-18(15)32-22/h8-11H,5-7H2,1-4H3,(H2,24,25,26,27,31). The van der Waals surface area contributed by atoms with Gasteiger partial charge in [0.15, 0.2) is 21.7 Å². The highest BCUT2D eigenvalue weighted by Crippen LogP contribution is 2.39. The first kappa shape index (κ1) is 24.0.